The molecular formula is C12H17ClN2. The summed E-state index contributed by atoms with van der Waals surface area (Å²) in [6.07, 6.45) is 2.58. The quantitative estimate of drug-likeness (QED) is 0.762. The summed E-state index contributed by atoms with van der Waals surface area (Å²) in [6, 6.07) is 6.12. The summed E-state index contributed by atoms with van der Waals surface area (Å²) < 4.78 is 0. The van der Waals surface area contributed by atoms with E-state index in [2.05, 4.69) is 36.0 Å². The van der Waals surface area contributed by atoms with Gasteiger partial charge in [-0.05, 0) is 31.0 Å². The van der Waals surface area contributed by atoms with Gasteiger partial charge in [0.1, 0.15) is 0 Å². The van der Waals surface area contributed by atoms with Gasteiger partial charge in [-0.2, -0.15) is 0 Å². The molecule has 2 nitrogen and oxygen atoms in total. The summed E-state index contributed by atoms with van der Waals surface area (Å²) in [5, 5.41) is 0.822. The fourth-order valence-electron chi connectivity index (χ4n) is 2.09. The first kappa shape index (κ1) is 10.6. The van der Waals surface area contributed by atoms with E-state index in [0.29, 0.717) is 0 Å². The standard InChI is InChI=1S/C12H17ClN2/c1-14(2)11-6-5-10(13)9-12(11)15-7-3-4-8-15/h5-6,9H,3-4,7-8H2,1-2H3. The molecule has 1 heterocycles. The molecule has 1 aromatic carbocycles. The van der Waals surface area contributed by atoms with E-state index in [1.165, 1.54) is 24.2 Å². The van der Waals surface area contributed by atoms with Gasteiger partial charge in [-0.15, -0.1) is 0 Å². The molecule has 15 heavy (non-hydrogen) atoms. The van der Waals surface area contributed by atoms with E-state index in [9.17, 15) is 0 Å². The molecule has 1 aliphatic heterocycles. The molecule has 0 atom stereocenters. The van der Waals surface area contributed by atoms with Crippen LogP contribution in [0.15, 0.2) is 18.2 Å². The maximum Gasteiger partial charge on any atom is 0.0618 e. The van der Waals surface area contributed by atoms with Gasteiger partial charge < -0.3 is 9.80 Å². The molecule has 0 aliphatic carbocycles. The van der Waals surface area contributed by atoms with Gasteiger partial charge in [-0.1, -0.05) is 11.6 Å². The molecule has 0 aromatic heterocycles. The Morgan fingerprint density at radius 2 is 1.87 bits per heavy atom. The van der Waals surface area contributed by atoms with E-state index < -0.39 is 0 Å². The Labute approximate surface area is 96.4 Å². The van der Waals surface area contributed by atoms with E-state index in [1.807, 2.05) is 6.07 Å². The van der Waals surface area contributed by atoms with E-state index in [0.717, 1.165) is 18.1 Å². The Morgan fingerprint density at radius 1 is 1.20 bits per heavy atom. The highest BCUT2D eigenvalue weighted by atomic mass is 35.5. The predicted octanol–water partition coefficient (Wildman–Crippen LogP) is 3.01. The van der Waals surface area contributed by atoms with Crippen LogP contribution in [0.2, 0.25) is 5.02 Å². The highest BCUT2D eigenvalue weighted by molar-refractivity contribution is 6.31. The third-order valence-electron chi connectivity index (χ3n) is 2.87. The lowest BCUT2D eigenvalue weighted by atomic mass is 10.2. The van der Waals surface area contributed by atoms with Crippen LogP contribution >= 0.6 is 11.6 Å². The molecule has 1 aliphatic rings. The van der Waals surface area contributed by atoms with Crippen LogP contribution < -0.4 is 9.80 Å². The lowest BCUT2D eigenvalue weighted by molar-refractivity contribution is 0.949. The van der Waals surface area contributed by atoms with Crippen molar-refractivity contribution in [2.45, 2.75) is 12.8 Å². The number of nitrogens with zero attached hydrogens (tertiary/aromatic N) is 2. The molecule has 0 saturated carbocycles. The van der Waals surface area contributed by atoms with Crippen LogP contribution in [0.4, 0.5) is 11.4 Å². The second-order valence-corrected chi connectivity index (χ2v) is 4.66. The minimum Gasteiger partial charge on any atom is -0.376 e. The molecule has 1 aromatic rings. The van der Waals surface area contributed by atoms with Gasteiger partial charge in [0.15, 0.2) is 0 Å². The summed E-state index contributed by atoms with van der Waals surface area (Å²) in [6.45, 7) is 2.31. The van der Waals surface area contributed by atoms with Gasteiger partial charge in [0.25, 0.3) is 0 Å². The molecule has 1 saturated heterocycles. The number of benzene rings is 1. The van der Waals surface area contributed by atoms with E-state index in [-0.39, 0.29) is 0 Å². The van der Waals surface area contributed by atoms with Crippen molar-refractivity contribution in [2.24, 2.45) is 0 Å². The van der Waals surface area contributed by atoms with Gasteiger partial charge in [0, 0.05) is 32.2 Å². The normalized spacial score (nSPS) is 15.8. The lowest BCUT2D eigenvalue weighted by Crippen LogP contribution is -2.21. The molecule has 0 bridgehead atoms. The second kappa shape index (κ2) is 4.31. The maximum absolute atomic E-state index is 6.05. The van der Waals surface area contributed by atoms with Crippen molar-refractivity contribution in [3.63, 3.8) is 0 Å². The first-order valence-electron chi connectivity index (χ1n) is 5.40. The van der Waals surface area contributed by atoms with Crippen molar-refractivity contribution in [1.82, 2.24) is 0 Å². The van der Waals surface area contributed by atoms with Crippen molar-refractivity contribution in [2.75, 3.05) is 37.0 Å². The monoisotopic (exact) mass is 224 g/mol. The molecule has 0 spiro atoms. The number of hydrogen-bond donors (Lipinski definition) is 0. The molecular weight excluding hydrogens is 208 g/mol. The van der Waals surface area contributed by atoms with E-state index in [4.69, 9.17) is 11.6 Å². The van der Waals surface area contributed by atoms with Crippen LogP contribution in [0.3, 0.4) is 0 Å². The fourth-order valence-corrected chi connectivity index (χ4v) is 2.25. The third-order valence-corrected chi connectivity index (χ3v) is 3.10. The maximum atomic E-state index is 6.05. The van der Waals surface area contributed by atoms with Crippen molar-refractivity contribution in [3.05, 3.63) is 23.2 Å². The van der Waals surface area contributed by atoms with E-state index >= 15 is 0 Å². The van der Waals surface area contributed by atoms with Crippen LogP contribution in [0.1, 0.15) is 12.8 Å². The topological polar surface area (TPSA) is 6.48 Å². The Hall–Kier alpha value is -0.890. The Bertz CT molecular complexity index is 343. The Kier molecular flexibility index (Phi) is 3.06. The van der Waals surface area contributed by atoms with Crippen molar-refractivity contribution in [1.29, 1.82) is 0 Å². The minimum atomic E-state index is 0.822. The third kappa shape index (κ3) is 2.20. The van der Waals surface area contributed by atoms with Gasteiger partial charge in [-0.3, -0.25) is 0 Å². The Balaban J connectivity index is 2.37. The van der Waals surface area contributed by atoms with E-state index in [1.54, 1.807) is 0 Å². The average molecular weight is 225 g/mol. The number of hydrogen-bond acceptors (Lipinski definition) is 2. The molecule has 1 fully saturated rings. The van der Waals surface area contributed by atoms with Crippen molar-refractivity contribution in [3.8, 4) is 0 Å². The highest BCUT2D eigenvalue weighted by Crippen LogP contribution is 2.33. The number of halogens is 1. The minimum absolute atomic E-state index is 0.822. The molecule has 2 rings (SSSR count). The van der Waals surface area contributed by atoms with Gasteiger partial charge in [-0.25, -0.2) is 0 Å². The van der Waals surface area contributed by atoms with Gasteiger partial charge in [0.05, 0.1) is 11.4 Å². The van der Waals surface area contributed by atoms with Gasteiger partial charge in [0.2, 0.25) is 0 Å². The zero-order valence-corrected chi connectivity index (χ0v) is 10.1. The largest absolute Gasteiger partial charge is 0.376 e. The zero-order valence-electron chi connectivity index (χ0n) is 9.33. The summed E-state index contributed by atoms with van der Waals surface area (Å²) in [5.74, 6) is 0. The SMILES string of the molecule is CN(C)c1ccc(Cl)cc1N1CCCC1. The molecule has 0 unspecified atom stereocenters. The second-order valence-electron chi connectivity index (χ2n) is 4.22. The number of anilines is 2. The average Bonchev–Trinajstić information content (AvgIpc) is 2.69. The zero-order chi connectivity index (χ0) is 10.8. The molecule has 0 radical (unpaired) electrons. The Morgan fingerprint density at radius 3 is 2.47 bits per heavy atom. The summed E-state index contributed by atoms with van der Waals surface area (Å²) in [5.41, 5.74) is 2.52. The highest BCUT2D eigenvalue weighted by Gasteiger charge is 2.16. The molecule has 0 amide bonds. The molecule has 3 heteroatoms. The molecule has 0 N–H and O–H groups in total. The van der Waals surface area contributed by atoms with Gasteiger partial charge >= 0.3 is 0 Å². The summed E-state index contributed by atoms with van der Waals surface area (Å²) in [7, 11) is 4.14. The van der Waals surface area contributed by atoms with Crippen LogP contribution in [-0.2, 0) is 0 Å². The van der Waals surface area contributed by atoms with Crippen LogP contribution in [-0.4, -0.2) is 27.2 Å². The first-order chi connectivity index (χ1) is 7.18. The predicted molar refractivity (Wildman–Crippen MR) is 67.2 cm³/mol. The van der Waals surface area contributed by atoms with Crippen LogP contribution in [0, 0.1) is 0 Å². The fraction of sp³-hybridized carbons (Fsp3) is 0.500. The number of rotatable bonds is 2. The molecule has 82 valence electrons. The van der Waals surface area contributed by atoms with Crippen molar-refractivity contribution >= 4 is 23.0 Å². The van der Waals surface area contributed by atoms with Crippen molar-refractivity contribution < 1.29 is 0 Å². The van der Waals surface area contributed by atoms with Crippen LogP contribution in [0.5, 0.6) is 0 Å². The smallest absolute Gasteiger partial charge is 0.0618 e. The van der Waals surface area contributed by atoms with Crippen LogP contribution in [0.25, 0.3) is 0 Å². The summed E-state index contributed by atoms with van der Waals surface area (Å²) >= 11 is 6.05. The summed E-state index contributed by atoms with van der Waals surface area (Å²) in [4.78, 5) is 4.56. The first-order valence-corrected chi connectivity index (χ1v) is 5.78. The lowest BCUT2D eigenvalue weighted by Gasteiger charge is -2.25.